The second-order valence-corrected chi connectivity index (χ2v) is 9.97. The normalized spacial score (nSPS) is 16.7. The van der Waals surface area contributed by atoms with Crippen LogP contribution in [0.15, 0.2) is 24.3 Å². The summed E-state index contributed by atoms with van der Waals surface area (Å²) in [5.74, 6) is -2.31. The van der Waals surface area contributed by atoms with Crippen molar-refractivity contribution in [1.29, 1.82) is 0 Å². The molecule has 1 aliphatic rings. The monoisotopic (exact) mass is 458 g/mol. The molecule has 9 heteroatoms. The van der Waals surface area contributed by atoms with E-state index in [4.69, 9.17) is 11.6 Å². The van der Waals surface area contributed by atoms with E-state index in [1.807, 2.05) is 5.32 Å². The molecule has 0 bridgehead atoms. The van der Waals surface area contributed by atoms with Crippen molar-refractivity contribution < 1.29 is 22.8 Å². The minimum atomic E-state index is -5.04. The number of hydrogen-bond acceptors (Lipinski definition) is 3. The molecule has 0 saturated heterocycles. The molecule has 2 aromatic rings. The zero-order valence-corrected chi connectivity index (χ0v) is 18.3. The number of carbonyl (C=O) groups is 2. The molecule has 0 unspecified atom stereocenters. The SMILES string of the molecule is CC(C)(C)[C@H]1CCc2c(sc(NC(=O)C(F)(F)F)c2C(=O)Nc2ccc(Cl)cc2)C1. The Morgan fingerprint density at radius 2 is 1.73 bits per heavy atom. The van der Waals surface area contributed by atoms with Crippen molar-refractivity contribution in [2.24, 2.45) is 11.3 Å². The van der Waals surface area contributed by atoms with Crippen LogP contribution in [0.25, 0.3) is 0 Å². The highest BCUT2D eigenvalue weighted by Crippen LogP contribution is 2.44. The van der Waals surface area contributed by atoms with E-state index in [0.29, 0.717) is 35.0 Å². The summed E-state index contributed by atoms with van der Waals surface area (Å²) in [6.45, 7) is 6.37. The molecule has 162 valence electrons. The molecule has 0 saturated carbocycles. The number of amides is 2. The van der Waals surface area contributed by atoms with Crippen molar-refractivity contribution in [3.63, 3.8) is 0 Å². The van der Waals surface area contributed by atoms with Crippen LogP contribution in [0, 0.1) is 11.3 Å². The summed E-state index contributed by atoms with van der Waals surface area (Å²) in [6.07, 6.45) is -2.99. The van der Waals surface area contributed by atoms with E-state index in [0.717, 1.165) is 22.6 Å². The minimum Gasteiger partial charge on any atom is -0.322 e. The van der Waals surface area contributed by atoms with Crippen LogP contribution in [-0.4, -0.2) is 18.0 Å². The topological polar surface area (TPSA) is 58.2 Å². The maximum absolute atomic E-state index is 13.0. The van der Waals surface area contributed by atoms with E-state index in [1.54, 1.807) is 24.3 Å². The molecule has 1 aliphatic carbocycles. The van der Waals surface area contributed by atoms with E-state index >= 15 is 0 Å². The van der Waals surface area contributed by atoms with Crippen LogP contribution in [0.5, 0.6) is 0 Å². The minimum absolute atomic E-state index is 0.0305. The number of carbonyl (C=O) groups excluding carboxylic acids is 2. The Bertz CT molecular complexity index is 962. The van der Waals surface area contributed by atoms with Gasteiger partial charge in [-0.25, -0.2) is 0 Å². The number of benzene rings is 1. The summed E-state index contributed by atoms with van der Waals surface area (Å²) < 4.78 is 38.5. The van der Waals surface area contributed by atoms with Gasteiger partial charge in [0.05, 0.1) is 5.56 Å². The summed E-state index contributed by atoms with van der Waals surface area (Å²) in [4.78, 5) is 25.4. The maximum atomic E-state index is 13.0. The molecule has 0 fully saturated rings. The third-order valence-corrected chi connectivity index (χ3v) is 6.73. The van der Waals surface area contributed by atoms with E-state index in [2.05, 4.69) is 26.1 Å². The number of anilines is 2. The van der Waals surface area contributed by atoms with Gasteiger partial charge >= 0.3 is 12.1 Å². The van der Waals surface area contributed by atoms with Gasteiger partial charge in [-0.1, -0.05) is 32.4 Å². The fourth-order valence-corrected chi connectivity index (χ4v) is 5.00. The predicted molar refractivity (Wildman–Crippen MR) is 113 cm³/mol. The molecule has 1 aromatic carbocycles. The predicted octanol–water partition coefficient (Wildman–Crippen LogP) is 6.31. The molecular weight excluding hydrogens is 437 g/mol. The van der Waals surface area contributed by atoms with Gasteiger partial charge < -0.3 is 10.6 Å². The van der Waals surface area contributed by atoms with Crippen LogP contribution in [0.3, 0.4) is 0 Å². The quantitative estimate of drug-likeness (QED) is 0.566. The number of hydrogen-bond donors (Lipinski definition) is 2. The number of halogens is 4. The van der Waals surface area contributed by atoms with E-state index < -0.39 is 18.0 Å². The molecular formula is C21H22ClF3N2O2S. The van der Waals surface area contributed by atoms with Gasteiger partial charge in [-0.15, -0.1) is 11.3 Å². The molecule has 1 atom stereocenters. The second-order valence-electron chi connectivity index (χ2n) is 8.43. The molecule has 1 aromatic heterocycles. The first-order valence-electron chi connectivity index (χ1n) is 9.46. The molecule has 3 rings (SSSR count). The van der Waals surface area contributed by atoms with Crippen molar-refractivity contribution in [2.75, 3.05) is 10.6 Å². The van der Waals surface area contributed by atoms with E-state index in [9.17, 15) is 22.8 Å². The van der Waals surface area contributed by atoms with Crippen LogP contribution in [0.4, 0.5) is 23.9 Å². The smallest absolute Gasteiger partial charge is 0.322 e. The maximum Gasteiger partial charge on any atom is 0.471 e. The van der Waals surface area contributed by atoms with Crippen molar-refractivity contribution in [2.45, 2.75) is 46.2 Å². The average Bonchev–Trinajstić information content (AvgIpc) is 2.99. The molecule has 0 spiro atoms. The number of rotatable bonds is 3. The zero-order valence-electron chi connectivity index (χ0n) is 16.7. The average molecular weight is 459 g/mol. The molecule has 0 aliphatic heterocycles. The Balaban J connectivity index is 1.97. The molecule has 4 nitrogen and oxygen atoms in total. The van der Waals surface area contributed by atoms with Gasteiger partial charge in [0.15, 0.2) is 0 Å². The highest BCUT2D eigenvalue weighted by Gasteiger charge is 2.41. The molecule has 2 N–H and O–H groups in total. The van der Waals surface area contributed by atoms with Gasteiger partial charge in [-0.2, -0.15) is 13.2 Å². The number of alkyl halides is 3. The van der Waals surface area contributed by atoms with E-state index in [-0.39, 0.29) is 16.0 Å². The molecule has 0 radical (unpaired) electrons. The summed E-state index contributed by atoms with van der Waals surface area (Å²) >= 11 is 6.91. The van der Waals surface area contributed by atoms with Gasteiger partial charge in [-0.3, -0.25) is 9.59 Å². The number of nitrogens with one attached hydrogen (secondary N) is 2. The third-order valence-electron chi connectivity index (χ3n) is 5.30. The van der Waals surface area contributed by atoms with Gasteiger partial charge in [0.2, 0.25) is 0 Å². The first-order valence-corrected chi connectivity index (χ1v) is 10.7. The van der Waals surface area contributed by atoms with Gasteiger partial charge in [0, 0.05) is 15.6 Å². The van der Waals surface area contributed by atoms with Gasteiger partial charge in [0.1, 0.15) is 5.00 Å². The standard InChI is InChI=1S/C21H22ClF3N2O2S/c1-20(2,3)11-4-9-14-15(10-11)30-18(27-19(29)21(23,24)25)16(14)17(28)26-13-7-5-12(22)6-8-13/h5-8,11H,4,9-10H2,1-3H3,(H,26,28)(H,27,29)/t11-/m0/s1. The third kappa shape index (κ3) is 4.98. The fourth-order valence-electron chi connectivity index (χ4n) is 3.55. The summed E-state index contributed by atoms with van der Waals surface area (Å²) in [6, 6.07) is 6.40. The highest BCUT2D eigenvalue weighted by molar-refractivity contribution is 7.17. The molecule has 1 heterocycles. The fraction of sp³-hybridized carbons (Fsp3) is 0.429. The van der Waals surface area contributed by atoms with Crippen molar-refractivity contribution in [1.82, 2.24) is 0 Å². The zero-order chi connectivity index (χ0) is 22.3. The largest absolute Gasteiger partial charge is 0.471 e. The Morgan fingerprint density at radius 1 is 1.10 bits per heavy atom. The number of fused-ring (bicyclic) bond motifs is 1. The lowest BCUT2D eigenvalue weighted by atomic mass is 9.72. The Kier molecular flexibility index (Phi) is 6.20. The molecule has 2 amide bonds. The summed E-state index contributed by atoms with van der Waals surface area (Å²) in [5.41, 5.74) is 1.31. The van der Waals surface area contributed by atoms with Gasteiger partial charge in [-0.05, 0) is 60.4 Å². The lowest BCUT2D eigenvalue weighted by molar-refractivity contribution is -0.167. The van der Waals surface area contributed by atoms with Gasteiger partial charge in [0.25, 0.3) is 5.91 Å². The Labute approximate surface area is 181 Å². The second kappa shape index (κ2) is 8.23. The van der Waals surface area contributed by atoms with Crippen LogP contribution in [-0.2, 0) is 17.6 Å². The number of thiophene rings is 1. The first-order chi connectivity index (χ1) is 13.9. The Morgan fingerprint density at radius 3 is 2.30 bits per heavy atom. The van der Waals surface area contributed by atoms with Crippen LogP contribution in [0.2, 0.25) is 5.02 Å². The van der Waals surface area contributed by atoms with Crippen molar-refractivity contribution >= 4 is 45.4 Å². The van der Waals surface area contributed by atoms with E-state index in [1.165, 1.54) is 0 Å². The lowest BCUT2D eigenvalue weighted by Crippen LogP contribution is -2.30. The summed E-state index contributed by atoms with van der Waals surface area (Å²) in [7, 11) is 0. The highest BCUT2D eigenvalue weighted by atomic mass is 35.5. The Hall–Kier alpha value is -2.06. The first kappa shape index (κ1) is 22.6. The van der Waals surface area contributed by atoms with Crippen LogP contribution >= 0.6 is 22.9 Å². The van der Waals surface area contributed by atoms with Crippen LogP contribution < -0.4 is 10.6 Å². The van der Waals surface area contributed by atoms with Crippen molar-refractivity contribution in [3.05, 3.63) is 45.3 Å². The van der Waals surface area contributed by atoms with Crippen molar-refractivity contribution in [3.8, 4) is 0 Å². The molecule has 30 heavy (non-hydrogen) atoms. The lowest BCUT2D eigenvalue weighted by Gasteiger charge is -2.33. The summed E-state index contributed by atoms with van der Waals surface area (Å²) in [5, 5.41) is 5.03. The van der Waals surface area contributed by atoms with Crippen LogP contribution in [0.1, 0.15) is 48.0 Å².